The van der Waals surface area contributed by atoms with Crippen molar-refractivity contribution in [3.63, 3.8) is 0 Å². The van der Waals surface area contributed by atoms with Gasteiger partial charge in [-0.25, -0.2) is 4.98 Å². The average Bonchev–Trinajstić information content (AvgIpc) is 3.13. The van der Waals surface area contributed by atoms with Crippen LogP contribution in [0.3, 0.4) is 0 Å². The van der Waals surface area contributed by atoms with E-state index in [1.54, 1.807) is 11.8 Å². The van der Waals surface area contributed by atoms with E-state index >= 15 is 0 Å². The molecule has 1 aromatic carbocycles. The number of rotatable bonds is 5. The predicted octanol–water partition coefficient (Wildman–Crippen LogP) is 4.48. The van der Waals surface area contributed by atoms with Gasteiger partial charge in [-0.1, -0.05) is 36.0 Å². The molecule has 0 spiro atoms. The minimum Gasteiger partial charge on any atom is -0.462 e. The van der Waals surface area contributed by atoms with Gasteiger partial charge >= 0.3 is 0 Å². The highest BCUT2D eigenvalue weighted by Gasteiger charge is 2.04. The number of hydrogen-bond acceptors (Lipinski definition) is 4. The van der Waals surface area contributed by atoms with Crippen molar-refractivity contribution in [2.24, 2.45) is 0 Å². The molecule has 1 N–H and O–H groups in total. The lowest BCUT2D eigenvalue weighted by molar-refractivity contribution is 0.525. The molecule has 0 aliphatic rings. The van der Waals surface area contributed by atoms with E-state index in [1.807, 2.05) is 31.2 Å². The standard InChI is InChI=1S/C17H17N3OS/c1-12-5-3-4-6-14(12)11-22-17-18-16(19-20-17)10-9-15-8-7-13(2)21-15/h3-10H,11H2,1-2H3,(H,18,19,20)/b10-9+. The van der Waals surface area contributed by atoms with Crippen molar-refractivity contribution in [2.75, 3.05) is 0 Å². The van der Waals surface area contributed by atoms with Gasteiger partial charge in [-0.2, -0.15) is 0 Å². The zero-order valence-electron chi connectivity index (χ0n) is 12.5. The van der Waals surface area contributed by atoms with Crippen molar-refractivity contribution in [3.05, 3.63) is 64.9 Å². The number of H-pyrrole nitrogens is 1. The SMILES string of the molecule is Cc1ccc(/C=C/c2nc(SCc3ccccc3C)n[nH]2)o1. The number of aromatic nitrogens is 3. The third-order valence-electron chi connectivity index (χ3n) is 3.27. The maximum absolute atomic E-state index is 5.48. The molecule has 5 heteroatoms. The predicted molar refractivity (Wildman–Crippen MR) is 89.5 cm³/mol. The average molecular weight is 311 g/mol. The zero-order chi connectivity index (χ0) is 15.4. The fourth-order valence-corrected chi connectivity index (χ4v) is 2.90. The first-order valence-corrected chi connectivity index (χ1v) is 8.03. The summed E-state index contributed by atoms with van der Waals surface area (Å²) in [6.07, 6.45) is 3.74. The molecule has 0 aliphatic heterocycles. The van der Waals surface area contributed by atoms with Crippen LogP contribution >= 0.6 is 11.8 Å². The van der Waals surface area contributed by atoms with Gasteiger partial charge in [0.25, 0.3) is 0 Å². The van der Waals surface area contributed by atoms with Crippen LogP contribution in [0.1, 0.15) is 28.5 Å². The summed E-state index contributed by atoms with van der Waals surface area (Å²) >= 11 is 1.62. The fourth-order valence-electron chi connectivity index (χ4n) is 2.02. The number of nitrogens with one attached hydrogen (secondary N) is 1. The van der Waals surface area contributed by atoms with Crippen LogP contribution in [0.2, 0.25) is 0 Å². The van der Waals surface area contributed by atoms with Gasteiger partial charge in [-0.15, -0.1) is 5.10 Å². The summed E-state index contributed by atoms with van der Waals surface area (Å²) in [4.78, 5) is 4.44. The molecule has 0 fully saturated rings. The van der Waals surface area contributed by atoms with Crippen LogP contribution in [0.5, 0.6) is 0 Å². The van der Waals surface area contributed by atoms with Crippen molar-refractivity contribution in [1.29, 1.82) is 0 Å². The molecule has 0 saturated heterocycles. The van der Waals surface area contributed by atoms with Crippen molar-refractivity contribution >= 4 is 23.9 Å². The highest BCUT2D eigenvalue weighted by Crippen LogP contribution is 2.21. The Morgan fingerprint density at radius 1 is 1.14 bits per heavy atom. The number of aromatic amines is 1. The van der Waals surface area contributed by atoms with Gasteiger partial charge in [0.2, 0.25) is 5.16 Å². The van der Waals surface area contributed by atoms with Crippen LogP contribution < -0.4 is 0 Å². The van der Waals surface area contributed by atoms with Gasteiger partial charge in [0.05, 0.1) is 0 Å². The molecule has 0 unspecified atom stereocenters. The smallest absolute Gasteiger partial charge is 0.209 e. The normalized spacial score (nSPS) is 11.4. The van der Waals surface area contributed by atoms with Crippen LogP contribution in [0.4, 0.5) is 0 Å². The molecule has 0 atom stereocenters. The van der Waals surface area contributed by atoms with Gasteiger partial charge < -0.3 is 4.42 Å². The fraction of sp³-hybridized carbons (Fsp3) is 0.176. The molecule has 4 nitrogen and oxygen atoms in total. The van der Waals surface area contributed by atoms with E-state index in [4.69, 9.17) is 4.42 Å². The number of thioether (sulfide) groups is 1. The highest BCUT2D eigenvalue weighted by molar-refractivity contribution is 7.98. The minimum absolute atomic E-state index is 0.723. The van der Waals surface area contributed by atoms with Crippen molar-refractivity contribution < 1.29 is 4.42 Å². The molecule has 3 aromatic rings. The highest BCUT2D eigenvalue weighted by atomic mass is 32.2. The second-order valence-corrected chi connectivity index (χ2v) is 5.94. The number of furan rings is 1. The second-order valence-electron chi connectivity index (χ2n) is 5.00. The topological polar surface area (TPSA) is 54.7 Å². The van der Waals surface area contributed by atoms with Crippen LogP contribution in [-0.2, 0) is 5.75 Å². The summed E-state index contributed by atoms with van der Waals surface area (Å²) in [7, 11) is 0. The van der Waals surface area contributed by atoms with Crippen LogP contribution in [0.25, 0.3) is 12.2 Å². The Bertz CT molecular complexity index is 789. The molecule has 3 rings (SSSR count). The third kappa shape index (κ3) is 3.68. The number of nitrogens with zero attached hydrogens (tertiary/aromatic N) is 2. The molecule has 0 saturated carbocycles. The summed E-state index contributed by atoms with van der Waals surface area (Å²) < 4.78 is 5.48. The molecular weight excluding hydrogens is 294 g/mol. The molecule has 2 aromatic heterocycles. The van der Waals surface area contributed by atoms with Crippen molar-refractivity contribution in [2.45, 2.75) is 24.8 Å². The van der Waals surface area contributed by atoms with Gasteiger partial charge in [0, 0.05) is 5.75 Å². The maximum atomic E-state index is 5.48. The Kier molecular flexibility index (Phi) is 4.44. The molecule has 0 amide bonds. The molecule has 0 radical (unpaired) electrons. The minimum atomic E-state index is 0.723. The van der Waals surface area contributed by atoms with E-state index in [-0.39, 0.29) is 0 Å². The maximum Gasteiger partial charge on any atom is 0.209 e. The molecule has 0 bridgehead atoms. The quantitative estimate of drug-likeness (QED) is 0.706. The van der Waals surface area contributed by atoms with Crippen LogP contribution in [-0.4, -0.2) is 15.2 Å². The van der Waals surface area contributed by atoms with Crippen molar-refractivity contribution in [3.8, 4) is 0 Å². The first-order valence-electron chi connectivity index (χ1n) is 7.05. The summed E-state index contributed by atoms with van der Waals surface area (Å²) in [6, 6.07) is 12.2. The third-order valence-corrected chi connectivity index (χ3v) is 4.16. The van der Waals surface area contributed by atoms with Crippen molar-refractivity contribution in [1.82, 2.24) is 15.2 Å². The Morgan fingerprint density at radius 2 is 2.00 bits per heavy atom. The van der Waals surface area contributed by atoms with E-state index in [0.29, 0.717) is 0 Å². The van der Waals surface area contributed by atoms with Gasteiger partial charge in [0.1, 0.15) is 17.3 Å². The lowest BCUT2D eigenvalue weighted by Crippen LogP contribution is -1.86. The van der Waals surface area contributed by atoms with E-state index in [2.05, 4.69) is 46.4 Å². The van der Waals surface area contributed by atoms with Crippen LogP contribution in [0, 0.1) is 13.8 Å². The lowest BCUT2D eigenvalue weighted by Gasteiger charge is -2.02. The number of benzene rings is 1. The summed E-state index contributed by atoms with van der Waals surface area (Å²) in [5, 5.41) is 7.90. The Morgan fingerprint density at radius 3 is 2.77 bits per heavy atom. The molecule has 112 valence electrons. The number of aryl methyl sites for hydroxylation is 2. The van der Waals surface area contributed by atoms with E-state index in [9.17, 15) is 0 Å². The van der Waals surface area contributed by atoms with E-state index in [0.717, 1.165) is 28.3 Å². The van der Waals surface area contributed by atoms with E-state index < -0.39 is 0 Å². The number of hydrogen-bond donors (Lipinski definition) is 1. The second kappa shape index (κ2) is 6.66. The largest absolute Gasteiger partial charge is 0.462 e. The van der Waals surface area contributed by atoms with Gasteiger partial charge in [-0.3, -0.25) is 5.10 Å². The first kappa shape index (κ1) is 14.7. The molecule has 0 aliphatic carbocycles. The van der Waals surface area contributed by atoms with Gasteiger partial charge in [-0.05, 0) is 49.3 Å². The van der Waals surface area contributed by atoms with E-state index in [1.165, 1.54) is 11.1 Å². The summed E-state index contributed by atoms with van der Waals surface area (Å²) in [6.45, 7) is 4.04. The first-order chi connectivity index (χ1) is 10.7. The zero-order valence-corrected chi connectivity index (χ0v) is 13.4. The lowest BCUT2D eigenvalue weighted by atomic mass is 10.1. The Labute approximate surface area is 133 Å². The van der Waals surface area contributed by atoms with Crippen LogP contribution in [0.15, 0.2) is 46.0 Å². The molecule has 22 heavy (non-hydrogen) atoms. The Balaban J connectivity index is 1.62. The monoisotopic (exact) mass is 311 g/mol. The molecular formula is C17H17N3OS. The summed E-state index contributed by atoms with van der Waals surface area (Å²) in [5.74, 6) is 3.29. The molecule has 2 heterocycles. The summed E-state index contributed by atoms with van der Waals surface area (Å²) in [5.41, 5.74) is 2.60. The Hall–Kier alpha value is -2.27. The van der Waals surface area contributed by atoms with Gasteiger partial charge in [0.15, 0.2) is 0 Å².